The van der Waals surface area contributed by atoms with Crippen LogP contribution in [0, 0.1) is 18.6 Å². The number of hydrogen-bond acceptors (Lipinski definition) is 9. The summed E-state index contributed by atoms with van der Waals surface area (Å²) in [6, 6.07) is 11.8. The van der Waals surface area contributed by atoms with Crippen LogP contribution in [0.4, 0.5) is 19.6 Å². The van der Waals surface area contributed by atoms with Crippen molar-refractivity contribution in [1.82, 2.24) is 19.7 Å². The molecule has 2 aromatic carbocycles. The molecule has 0 atom stereocenters. The number of anilines is 2. The molecule has 0 fully saturated rings. The SMILES string of the molecule is COc1cccc(CNc2cnc(S(=O)(=O)Nc3nc(-c4ccc(F)c(F)c4)c(-c4ccn(C)n4)s3)c(C)c2)c1O. The van der Waals surface area contributed by atoms with E-state index in [0.717, 1.165) is 23.5 Å². The lowest BCUT2D eigenvalue weighted by Gasteiger charge is -2.12. The number of benzene rings is 2. The molecule has 0 aliphatic heterocycles. The number of aromatic hydroxyl groups is 1. The van der Waals surface area contributed by atoms with Gasteiger partial charge in [0.2, 0.25) is 0 Å². The molecule has 3 heterocycles. The van der Waals surface area contributed by atoms with E-state index < -0.39 is 21.7 Å². The van der Waals surface area contributed by atoms with Crippen molar-refractivity contribution in [3.8, 4) is 33.3 Å². The van der Waals surface area contributed by atoms with E-state index in [2.05, 4.69) is 25.1 Å². The fourth-order valence-electron chi connectivity index (χ4n) is 4.09. The van der Waals surface area contributed by atoms with E-state index >= 15 is 0 Å². The molecule has 41 heavy (non-hydrogen) atoms. The topological polar surface area (TPSA) is 131 Å². The van der Waals surface area contributed by atoms with Crippen LogP contribution in [0.2, 0.25) is 0 Å². The van der Waals surface area contributed by atoms with Gasteiger partial charge in [0.05, 0.1) is 29.6 Å². The zero-order valence-electron chi connectivity index (χ0n) is 22.0. The normalized spacial score (nSPS) is 11.4. The second-order valence-corrected chi connectivity index (χ2v) is 11.6. The monoisotopic (exact) mass is 598 g/mol. The number of para-hydroxylation sites is 1. The lowest BCUT2D eigenvalue weighted by Crippen LogP contribution is -2.16. The Morgan fingerprint density at radius 3 is 2.61 bits per heavy atom. The minimum atomic E-state index is -4.18. The Kier molecular flexibility index (Phi) is 7.60. The number of phenols is 1. The second-order valence-electron chi connectivity index (χ2n) is 8.97. The molecule has 5 aromatic rings. The minimum absolute atomic E-state index is 0.00212. The van der Waals surface area contributed by atoms with Crippen molar-refractivity contribution < 1.29 is 27.0 Å². The van der Waals surface area contributed by atoms with Gasteiger partial charge in [-0.1, -0.05) is 23.5 Å². The molecule has 10 nitrogen and oxygen atoms in total. The summed E-state index contributed by atoms with van der Waals surface area (Å²) in [5.41, 5.74) is 2.48. The molecule has 3 N–H and O–H groups in total. The van der Waals surface area contributed by atoms with Gasteiger partial charge in [-0.3, -0.25) is 9.40 Å². The number of sulfonamides is 1. The average Bonchev–Trinajstić information content (AvgIpc) is 3.55. The lowest BCUT2D eigenvalue weighted by atomic mass is 10.1. The summed E-state index contributed by atoms with van der Waals surface area (Å²) in [7, 11) is -0.999. The van der Waals surface area contributed by atoms with Crippen LogP contribution < -0.4 is 14.8 Å². The number of phenolic OH excluding ortho intramolecular Hbond substituents is 1. The fourth-order valence-corrected chi connectivity index (χ4v) is 6.43. The van der Waals surface area contributed by atoms with E-state index in [-0.39, 0.29) is 33.7 Å². The number of hydrogen-bond donors (Lipinski definition) is 3. The highest BCUT2D eigenvalue weighted by Gasteiger charge is 2.24. The first-order valence-electron chi connectivity index (χ1n) is 12.1. The number of nitrogens with zero attached hydrogens (tertiary/aromatic N) is 4. The van der Waals surface area contributed by atoms with Crippen LogP contribution in [0.1, 0.15) is 11.1 Å². The zero-order chi connectivity index (χ0) is 29.3. The smallest absolute Gasteiger partial charge is 0.281 e. The van der Waals surface area contributed by atoms with E-state index in [1.165, 1.54) is 19.4 Å². The second kappa shape index (κ2) is 11.1. The maximum absolute atomic E-state index is 14.0. The Balaban J connectivity index is 1.41. The maximum atomic E-state index is 14.0. The van der Waals surface area contributed by atoms with Gasteiger partial charge in [-0.05, 0) is 48.9 Å². The fraction of sp³-hybridized carbons (Fsp3) is 0.148. The highest BCUT2D eigenvalue weighted by molar-refractivity contribution is 7.92. The number of aryl methyl sites for hydroxylation is 2. The number of thiazole rings is 1. The van der Waals surface area contributed by atoms with Gasteiger partial charge in [0.15, 0.2) is 33.3 Å². The Morgan fingerprint density at radius 1 is 1.12 bits per heavy atom. The molecule has 0 unspecified atom stereocenters. The molecule has 0 radical (unpaired) electrons. The summed E-state index contributed by atoms with van der Waals surface area (Å²) < 4.78 is 63.4. The van der Waals surface area contributed by atoms with E-state index in [0.29, 0.717) is 33.1 Å². The Hall–Kier alpha value is -4.56. The van der Waals surface area contributed by atoms with E-state index in [9.17, 15) is 22.3 Å². The molecule has 5 rings (SSSR count). The molecule has 0 aliphatic carbocycles. The summed E-state index contributed by atoms with van der Waals surface area (Å²) in [6.45, 7) is 1.85. The van der Waals surface area contributed by atoms with Gasteiger partial charge < -0.3 is 15.2 Å². The number of aromatic nitrogens is 4. The van der Waals surface area contributed by atoms with E-state index in [4.69, 9.17) is 4.74 Å². The first-order chi connectivity index (χ1) is 19.6. The highest BCUT2D eigenvalue weighted by Crippen LogP contribution is 2.39. The first-order valence-corrected chi connectivity index (χ1v) is 14.4. The Morgan fingerprint density at radius 2 is 1.93 bits per heavy atom. The number of methoxy groups -OCH3 is 1. The van der Waals surface area contributed by atoms with Crippen molar-refractivity contribution in [2.75, 3.05) is 17.1 Å². The van der Waals surface area contributed by atoms with Crippen molar-refractivity contribution in [2.24, 2.45) is 7.05 Å². The zero-order valence-corrected chi connectivity index (χ0v) is 23.6. The Bertz CT molecular complexity index is 1860. The number of rotatable bonds is 9. The number of halogens is 2. The molecule has 0 saturated carbocycles. The van der Waals surface area contributed by atoms with Crippen LogP contribution in [0.25, 0.3) is 21.8 Å². The van der Waals surface area contributed by atoms with Crippen LogP contribution in [0.5, 0.6) is 11.5 Å². The number of pyridine rings is 1. The predicted octanol–water partition coefficient (Wildman–Crippen LogP) is 5.32. The molecule has 0 aliphatic rings. The van der Waals surface area contributed by atoms with Gasteiger partial charge in [0.25, 0.3) is 10.0 Å². The van der Waals surface area contributed by atoms with Crippen molar-refractivity contribution >= 4 is 32.2 Å². The molecular formula is C27H24F2N6O4S2. The van der Waals surface area contributed by atoms with Gasteiger partial charge >= 0.3 is 0 Å². The van der Waals surface area contributed by atoms with Crippen LogP contribution in [0.3, 0.4) is 0 Å². The van der Waals surface area contributed by atoms with Crippen molar-refractivity contribution in [1.29, 1.82) is 0 Å². The Labute approximate surface area is 238 Å². The van der Waals surface area contributed by atoms with Crippen LogP contribution >= 0.6 is 11.3 Å². The summed E-state index contributed by atoms with van der Waals surface area (Å²) in [5.74, 6) is -1.72. The third-order valence-electron chi connectivity index (χ3n) is 6.06. The van der Waals surface area contributed by atoms with Crippen molar-refractivity contribution in [3.05, 3.63) is 83.7 Å². The molecular weight excluding hydrogens is 574 g/mol. The summed E-state index contributed by atoms with van der Waals surface area (Å²) in [6.07, 6.45) is 3.07. The molecule has 0 spiro atoms. The number of nitrogens with one attached hydrogen (secondary N) is 2. The molecule has 14 heteroatoms. The largest absolute Gasteiger partial charge is 0.504 e. The third kappa shape index (κ3) is 5.83. The molecule has 0 bridgehead atoms. The summed E-state index contributed by atoms with van der Waals surface area (Å²) >= 11 is 1.00. The van der Waals surface area contributed by atoms with Crippen molar-refractivity contribution in [3.63, 3.8) is 0 Å². The first kappa shape index (κ1) is 28.0. The highest BCUT2D eigenvalue weighted by atomic mass is 32.2. The van der Waals surface area contributed by atoms with Gasteiger partial charge in [-0.2, -0.15) is 13.5 Å². The minimum Gasteiger partial charge on any atom is -0.504 e. The van der Waals surface area contributed by atoms with Gasteiger partial charge in [-0.25, -0.2) is 18.7 Å². The molecule has 212 valence electrons. The molecule has 0 amide bonds. The van der Waals surface area contributed by atoms with Crippen LogP contribution in [-0.2, 0) is 23.6 Å². The summed E-state index contributed by atoms with van der Waals surface area (Å²) in [4.78, 5) is 9.02. The van der Waals surface area contributed by atoms with Crippen LogP contribution in [-0.4, -0.2) is 40.4 Å². The van der Waals surface area contributed by atoms with Gasteiger partial charge in [0, 0.05) is 30.9 Å². The van der Waals surface area contributed by atoms with Crippen LogP contribution in [0.15, 0.2) is 66.0 Å². The van der Waals surface area contributed by atoms with Crippen molar-refractivity contribution in [2.45, 2.75) is 18.5 Å². The lowest BCUT2D eigenvalue weighted by molar-refractivity contribution is 0.371. The number of ether oxygens (including phenoxy) is 1. The van der Waals surface area contributed by atoms with Gasteiger partial charge in [-0.15, -0.1) is 0 Å². The predicted molar refractivity (Wildman–Crippen MR) is 151 cm³/mol. The average molecular weight is 599 g/mol. The quantitative estimate of drug-likeness (QED) is 0.208. The molecule has 0 saturated heterocycles. The maximum Gasteiger partial charge on any atom is 0.281 e. The standard InChI is InChI=1S/C27H24F2N6O4S2/c1-15-11-18(30-13-17-5-4-6-22(39-3)24(17)36)14-31-26(15)41(37,38)34-27-32-23(16-7-8-19(28)20(29)12-16)25(40-27)21-9-10-35(2)33-21/h4-12,14,30,36H,13H2,1-3H3,(H,32,34). The van der Waals surface area contributed by atoms with Gasteiger partial charge in [0.1, 0.15) is 5.69 Å². The summed E-state index contributed by atoms with van der Waals surface area (Å²) in [5, 5.41) is 17.5. The molecule has 3 aromatic heterocycles. The van der Waals surface area contributed by atoms with E-state index in [1.807, 2.05) is 0 Å². The van der Waals surface area contributed by atoms with E-state index in [1.54, 1.807) is 55.2 Å². The third-order valence-corrected chi connectivity index (χ3v) is 8.58.